The Morgan fingerprint density at radius 3 is 2.00 bits per heavy atom. The summed E-state index contributed by atoms with van der Waals surface area (Å²) in [6.45, 7) is 6.54. The summed E-state index contributed by atoms with van der Waals surface area (Å²) in [5.74, 6) is 0. The summed E-state index contributed by atoms with van der Waals surface area (Å²) < 4.78 is 5.75. The van der Waals surface area contributed by atoms with E-state index in [0.29, 0.717) is 0 Å². The molecule has 0 saturated heterocycles. The standard InChI is InChI=1S/C14H22AsNO/c1-4-15(5-2,6-3,17-13-16)12-14-10-8-7-9-11-14/h7-11H,4-6,12H2,1-3H3. The molecule has 0 atom stereocenters. The first-order valence-corrected chi connectivity index (χ1v) is 12.3. The monoisotopic (exact) mass is 295 g/mol. The number of nitrogens with zero attached hydrogens (tertiary/aromatic N) is 1. The number of hydrogen-bond acceptors (Lipinski definition) is 2. The van der Waals surface area contributed by atoms with Crippen LogP contribution in [0.2, 0.25) is 15.6 Å². The average Bonchev–Trinajstić information content (AvgIpc) is 2.40. The van der Waals surface area contributed by atoms with Crippen molar-refractivity contribution in [3.63, 3.8) is 0 Å². The third-order valence-corrected chi connectivity index (χ3v) is 17.9. The van der Waals surface area contributed by atoms with Gasteiger partial charge in [0.2, 0.25) is 0 Å². The van der Waals surface area contributed by atoms with Gasteiger partial charge in [-0.2, -0.15) is 0 Å². The number of nitriles is 1. The van der Waals surface area contributed by atoms with E-state index in [0.717, 1.165) is 20.8 Å². The molecule has 0 heterocycles. The SMILES string of the molecule is CC[As](CC)(CC)(Cc1ccccc1)OC#N. The third-order valence-electron chi connectivity index (χ3n) is 4.12. The fraction of sp³-hybridized carbons (Fsp3) is 0.500. The van der Waals surface area contributed by atoms with Crippen LogP contribution < -0.4 is 0 Å². The van der Waals surface area contributed by atoms with Gasteiger partial charge in [-0.3, -0.25) is 0 Å². The van der Waals surface area contributed by atoms with Gasteiger partial charge in [-0.25, -0.2) is 0 Å². The molecule has 0 fully saturated rings. The van der Waals surface area contributed by atoms with E-state index in [4.69, 9.17) is 8.99 Å². The summed E-state index contributed by atoms with van der Waals surface area (Å²) >= 11 is -2.95. The van der Waals surface area contributed by atoms with Crippen molar-refractivity contribution < 1.29 is 3.73 Å². The Labute approximate surface area is 106 Å². The molecule has 0 spiro atoms. The zero-order valence-corrected chi connectivity index (χ0v) is 12.9. The molecule has 1 aromatic carbocycles. The molecule has 0 radical (unpaired) electrons. The fourth-order valence-electron chi connectivity index (χ4n) is 2.39. The molecule has 0 bridgehead atoms. The van der Waals surface area contributed by atoms with E-state index >= 15 is 0 Å². The molecule has 0 N–H and O–H groups in total. The van der Waals surface area contributed by atoms with Crippen molar-refractivity contribution in [2.75, 3.05) is 0 Å². The average molecular weight is 295 g/mol. The van der Waals surface area contributed by atoms with Crippen molar-refractivity contribution in [2.45, 2.75) is 41.6 Å². The van der Waals surface area contributed by atoms with Crippen molar-refractivity contribution in [1.29, 1.82) is 5.26 Å². The zero-order chi connectivity index (χ0) is 12.8. The van der Waals surface area contributed by atoms with Gasteiger partial charge in [0.25, 0.3) is 0 Å². The molecule has 0 aromatic heterocycles. The van der Waals surface area contributed by atoms with Crippen molar-refractivity contribution in [3.8, 4) is 6.26 Å². The summed E-state index contributed by atoms with van der Waals surface area (Å²) in [5.41, 5.74) is 1.30. The van der Waals surface area contributed by atoms with E-state index < -0.39 is 12.8 Å². The molecule has 0 aliphatic carbocycles. The Hall–Kier alpha value is -0.932. The second-order valence-corrected chi connectivity index (χ2v) is 17.5. The predicted octanol–water partition coefficient (Wildman–Crippen LogP) is 4.23. The Morgan fingerprint density at radius 2 is 1.59 bits per heavy atom. The van der Waals surface area contributed by atoms with E-state index in [-0.39, 0.29) is 0 Å². The van der Waals surface area contributed by atoms with Gasteiger partial charge in [-0.05, 0) is 0 Å². The van der Waals surface area contributed by atoms with Crippen LogP contribution >= 0.6 is 0 Å². The van der Waals surface area contributed by atoms with Crippen LogP contribution in [0, 0.1) is 11.5 Å². The fourth-order valence-corrected chi connectivity index (χ4v) is 10.4. The Bertz CT molecular complexity index is 381. The first-order chi connectivity index (χ1) is 8.13. The van der Waals surface area contributed by atoms with Crippen molar-refractivity contribution in [1.82, 2.24) is 0 Å². The molecule has 1 aromatic rings. The van der Waals surface area contributed by atoms with E-state index in [1.165, 1.54) is 5.56 Å². The van der Waals surface area contributed by atoms with Crippen LogP contribution in [0.25, 0.3) is 0 Å². The number of benzene rings is 1. The molecule has 3 heteroatoms. The van der Waals surface area contributed by atoms with Gasteiger partial charge in [0, 0.05) is 0 Å². The maximum absolute atomic E-state index is 9.01. The quantitative estimate of drug-likeness (QED) is 0.581. The summed E-state index contributed by atoms with van der Waals surface area (Å²) in [5, 5.41) is 13.0. The van der Waals surface area contributed by atoms with Crippen LogP contribution in [-0.2, 0) is 8.93 Å². The molecule has 0 aliphatic rings. The topological polar surface area (TPSA) is 33.0 Å². The molecular weight excluding hydrogens is 273 g/mol. The van der Waals surface area contributed by atoms with Gasteiger partial charge in [-0.1, -0.05) is 0 Å². The van der Waals surface area contributed by atoms with Gasteiger partial charge >= 0.3 is 106 Å². The summed E-state index contributed by atoms with van der Waals surface area (Å²) in [7, 11) is 0. The van der Waals surface area contributed by atoms with Gasteiger partial charge in [0.05, 0.1) is 0 Å². The molecule has 17 heavy (non-hydrogen) atoms. The van der Waals surface area contributed by atoms with Gasteiger partial charge < -0.3 is 0 Å². The zero-order valence-electron chi connectivity index (χ0n) is 11.0. The first kappa shape index (κ1) is 14.1. The van der Waals surface area contributed by atoms with Crippen molar-refractivity contribution in [2.24, 2.45) is 0 Å². The van der Waals surface area contributed by atoms with E-state index in [1.807, 2.05) is 12.3 Å². The van der Waals surface area contributed by atoms with Crippen LogP contribution in [0.4, 0.5) is 0 Å². The molecule has 0 amide bonds. The second kappa shape index (κ2) is 5.60. The summed E-state index contributed by atoms with van der Waals surface area (Å²) in [6.07, 6.45) is 2.00. The Morgan fingerprint density at radius 1 is 1.06 bits per heavy atom. The van der Waals surface area contributed by atoms with Gasteiger partial charge in [0.15, 0.2) is 0 Å². The second-order valence-electron chi connectivity index (χ2n) is 4.63. The molecule has 1 rings (SSSR count). The van der Waals surface area contributed by atoms with Crippen LogP contribution in [0.1, 0.15) is 26.3 Å². The van der Waals surface area contributed by atoms with Gasteiger partial charge in [-0.15, -0.1) is 0 Å². The number of hydrogen-bond donors (Lipinski definition) is 0. The molecular formula is C14H22AsNO. The molecule has 94 valence electrons. The van der Waals surface area contributed by atoms with Crippen molar-refractivity contribution >= 4 is 12.8 Å². The molecule has 0 aliphatic heterocycles. The van der Waals surface area contributed by atoms with Crippen molar-refractivity contribution in [3.05, 3.63) is 35.9 Å². The van der Waals surface area contributed by atoms with Crippen LogP contribution in [0.5, 0.6) is 0 Å². The Balaban J connectivity index is 3.11. The first-order valence-electron chi connectivity index (χ1n) is 6.26. The summed E-state index contributed by atoms with van der Waals surface area (Å²) in [4.78, 5) is 0. The molecule has 0 saturated carbocycles. The minimum atomic E-state index is -2.95. The normalized spacial score (nSPS) is 13.4. The minimum absolute atomic E-state index is 0.969. The summed E-state index contributed by atoms with van der Waals surface area (Å²) in [6, 6.07) is 10.4. The predicted molar refractivity (Wildman–Crippen MR) is 74.0 cm³/mol. The number of rotatable bonds is 6. The van der Waals surface area contributed by atoms with Crippen LogP contribution in [0.15, 0.2) is 30.3 Å². The van der Waals surface area contributed by atoms with Crippen LogP contribution in [-0.4, -0.2) is 12.8 Å². The molecule has 2 nitrogen and oxygen atoms in total. The van der Waals surface area contributed by atoms with E-state index in [2.05, 4.69) is 45.0 Å². The van der Waals surface area contributed by atoms with E-state index in [9.17, 15) is 0 Å². The maximum atomic E-state index is 9.01. The molecule has 0 unspecified atom stereocenters. The Kier molecular flexibility index (Phi) is 4.66. The van der Waals surface area contributed by atoms with E-state index in [1.54, 1.807) is 0 Å². The van der Waals surface area contributed by atoms with Crippen LogP contribution in [0.3, 0.4) is 0 Å². The third kappa shape index (κ3) is 2.85. The van der Waals surface area contributed by atoms with Gasteiger partial charge in [0.1, 0.15) is 0 Å².